The lowest BCUT2D eigenvalue weighted by Crippen LogP contribution is -2.14. The van der Waals surface area contributed by atoms with E-state index in [4.69, 9.17) is 11.2 Å². The topological polar surface area (TPSA) is 21.3 Å². The highest BCUT2D eigenvalue weighted by Gasteiger charge is 2.00. The zero-order valence-corrected chi connectivity index (χ0v) is 9.12. The van der Waals surface area contributed by atoms with Gasteiger partial charge in [0.15, 0.2) is 0 Å². The molecule has 0 bridgehead atoms. The van der Waals surface area contributed by atoms with Crippen molar-refractivity contribution in [1.29, 1.82) is 0 Å². The molecule has 0 aromatic heterocycles. The Bertz CT molecular complexity index is 328. The van der Waals surface area contributed by atoms with Gasteiger partial charge in [-0.2, -0.15) is 0 Å². The van der Waals surface area contributed by atoms with E-state index in [1.165, 1.54) is 0 Å². The molecule has 0 fully saturated rings. The Labute approximate surface area is 91.6 Å². The van der Waals surface area contributed by atoms with Gasteiger partial charge in [0.1, 0.15) is 12.4 Å². The van der Waals surface area contributed by atoms with Crippen LogP contribution in [0.25, 0.3) is 0 Å². The normalized spacial score (nSPS) is 9.60. The van der Waals surface area contributed by atoms with Crippen LogP contribution >= 0.6 is 0 Å². The van der Waals surface area contributed by atoms with Crippen LogP contribution in [0.15, 0.2) is 24.3 Å². The Morgan fingerprint density at radius 3 is 2.93 bits per heavy atom. The van der Waals surface area contributed by atoms with E-state index in [0.29, 0.717) is 6.61 Å². The average molecular weight is 203 g/mol. The fourth-order valence-corrected chi connectivity index (χ4v) is 1.31. The van der Waals surface area contributed by atoms with Crippen LogP contribution < -0.4 is 10.1 Å². The van der Waals surface area contributed by atoms with Gasteiger partial charge in [-0.3, -0.25) is 0 Å². The van der Waals surface area contributed by atoms with Crippen molar-refractivity contribution in [3.63, 3.8) is 0 Å². The third-order valence-electron chi connectivity index (χ3n) is 2.03. The van der Waals surface area contributed by atoms with Crippen molar-refractivity contribution >= 4 is 0 Å². The van der Waals surface area contributed by atoms with Crippen molar-refractivity contribution in [2.24, 2.45) is 0 Å². The van der Waals surface area contributed by atoms with Crippen LogP contribution in [-0.2, 0) is 6.54 Å². The molecule has 2 nitrogen and oxygen atoms in total. The lowest BCUT2D eigenvalue weighted by Gasteiger charge is -2.09. The summed E-state index contributed by atoms with van der Waals surface area (Å²) in [5, 5.41) is 3.34. The fraction of sp³-hybridized carbons (Fsp3) is 0.385. The van der Waals surface area contributed by atoms with Crippen molar-refractivity contribution in [1.82, 2.24) is 5.32 Å². The molecule has 0 unspecified atom stereocenters. The number of nitrogens with one attached hydrogen (secondary N) is 1. The molecular formula is C13H17NO. The Balaban J connectivity index is 2.56. The molecule has 0 aliphatic rings. The standard InChI is InChI=1S/C13H17NO/c1-3-9-14-11-12-7-5-6-8-13(12)15-10-4-2/h2,5-8,14H,3,9-11H2,1H3. The summed E-state index contributed by atoms with van der Waals surface area (Å²) < 4.78 is 5.44. The summed E-state index contributed by atoms with van der Waals surface area (Å²) in [7, 11) is 0. The number of benzene rings is 1. The molecule has 2 heteroatoms. The number of hydrogen-bond donors (Lipinski definition) is 1. The first-order valence-corrected chi connectivity index (χ1v) is 5.23. The fourth-order valence-electron chi connectivity index (χ4n) is 1.31. The molecule has 0 aliphatic heterocycles. The predicted octanol–water partition coefficient (Wildman–Crippen LogP) is 2.20. The van der Waals surface area contributed by atoms with Crippen LogP contribution in [0.4, 0.5) is 0 Å². The predicted molar refractivity (Wildman–Crippen MR) is 62.8 cm³/mol. The molecule has 0 atom stereocenters. The summed E-state index contributed by atoms with van der Waals surface area (Å²) >= 11 is 0. The van der Waals surface area contributed by atoms with Gasteiger partial charge in [0.05, 0.1) is 0 Å². The summed E-state index contributed by atoms with van der Waals surface area (Å²) in [6.45, 7) is 4.32. The van der Waals surface area contributed by atoms with Gasteiger partial charge < -0.3 is 10.1 Å². The Morgan fingerprint density at radius 1 is 1.40 bits per heavy atom. The summed E-state index contributed by atoms with van der Waals surface area (Å²) in [6, 6.07) is 7.95. The van der Waals surface area contributed by atoms with Crippen molar-refractivity contribution < 1.29 is 4.74 Å². The van der Waals surface area contributed by atoms with Gasteiger partial charge in [-0.25, -0.2) is 0 Å². The minimum atomic E-state index is 0.324. The third kappa shape index (κ3) is 4.05. The van der Waals surface area contributed by atoms with Gasteiger partial charge in [-0.05, 0) is 19.0 Å². The minimum Gasteiger partial charge on any atom is -0.481 e. The molecule has 0 spiro atoms. The van der Waals surface area contributed by atoms with Crippen molar-refractivity contribution in [3.05, 3.63) is 29.8 Å². The molecule has 0 amide bonds. The van der Waals surface area contributed by atoms with Crippen molar-refractivity contribution in [2.45, 2.75) is 19.9 Å². The first kappa shape index (κ1) is 11.6. The lowest BCUT2D eigenvalue weighted by atomic mass is 10.2. The molecule has 1 aromatic rings. The molecule has 0 saturated carbocycles. The SMILES string of the molecule is C#CCOc1ccccc1CNCCC. The summed E-state index contributed by atoms with van der Waals surface area (Å²) in [6.07, 6.45) is 6.29. The van der Waals surface area contributed by atoms with E-state index >= 15 is 0 Å². The van der Waals surface area contributed by atoms with Crippen LogP contribution in [0, 0.1) is 12.3 Å². The summed E-state index contributed by atoms with van der Waals surface area (Å²) in [4.78, 5) is 0. The second-order valence-corrected chi connectivity index (χ2v) is 3.28. The van der Waals surface area contributed by atoms with E-state index in [-0.39, 0.29) is 0 Å². The average Bonchev–Trinajstić information content (AvgIpc) is 2.28. The zero-order valence-electron chi connectivity index (χ0n) is 9.12. The third-order valence-corrected chi connectivity index (χ3v) is 2.03. The lowest BCUT2D eigenvalue weighted by molar-refractivity contribution is 0.365. The van der Waals surface area contributed by atoms with Gasteiger partial charge in [0, 0.05) is 12.1 Å². The van der Waals surface area contributed by atoms with Gasteiger partial charge in [-0.15, -0.1) is 6.42 Å². The van der Waals surface area contributed by atoms with E-state index in [0.717, 1.165) is 30.8 Å². The molecule has 1 aromatic carbocycles. The first-order valence-electron chi connectivity index (χ1n) is 5.23. The maximum Gasteiger partial charge on any atom is 0.148 e. The highest BCUT2D eigenvalue weighted by atomic mass is 16.5. The molecule has 0 saturated heterocycles. The second kappa shape index (κ2) is 6.92. The van der Waals surface area contributed by atoms with Crippen LogP contribution in [0.2, 0.25) is 0 Å². The molecule has 0 radical (unpaired) electrons. The molecule has 0 heterocycles. The second-order valence-electron chi connectivity index (χ2n) is 3.28. The largest absolute Gasteiger partial charge is 0.481 e. The number of ether oxygens (including phenoxy) is 1. The quantitative estimate of drug-likeness (QED) is 0.565. The monoisotopic (exact) mass is 203 g/mol. The molecular weight excluding hydrogens is 186 g/mol. The molecule has 15 heavy (non-hydrogen) atoms. The van der Waals surface area contributed by atoms with Gasteiger partial charge >= 0.3 is 0 Å². The van der Waals surface area contributed by atoms with Crippen molar-refractivity contribution in [3.8, 4) is 18.1 Å². The Hall–Kier alpha value is -1.46. The van der Waals surface area contributed by atoms with Crippen LogP contribution in [0.1, 0.15) is 18.9 Å². The molecule has 1 N–H and O–H groups in total. The number of rotatable bonds is 6. The number of para-hydroxylation sites is 1. The number of hydrogen-bond acceptors (Lipinski definition) is 2. The highest BCUT2D eigenvalue weighted by molar-refractivity contribution is 5.33. The van der Waals surface area contributed by atoms with Gasteiger partial charge in [0.2, 0.25) is 0 Å². The van der Waals surface area contributed by atoms with Gasteiger partial charge in [-0.1, -0.05) is 31.0 Å². The molecule has 1 rings (SSSR count). The highest BCUT2D eigenvalue weighted by Crippen LogP contribution is 2.17. The zero-order chi connectivity index (χ0) is 10.9. The molecule has 80 valence electrons. The maximum absolute atomic E-state index is 5.44. The maximum atomic E-state index is 5.44. The van der Waals surface area contributed by atoms with Crippen molar-refractivity contribution in [2.75, 3.05) is 13.2 Å². The van der Waals surface area contributed by atoms with Crippen LogP contribution in [-0.4, -0.2) is 13.2 Å². The van der Waals surface area contributed by atoms with Crippen LogP contribution in [0.5, 0.6) is 5.75 Å². The van der Waals surface area contributed by atoms with E-state index in [2.05, 4.69) is 24.2 Å². The van der Waals surface area contributed by atoms with E-state index < -0.39 is 0 Å². The first-order chi connectivity index (χ1) is 7.38. The summed E-state index contributed by atoms with van der Waals surface area (Å²) in [5.74, 6) is 3.34. The Kier molecular flexibility index (Phi) is 5.35. The minimum absolute atomic E-state index is 0.324. The summed E-state index contributed by atoms with van der Waals surface area (Å²) in [5.41, 5.74) is 1.15. The van der Waals surface area contributed by atoms with Crippen LogP contribution in [0.3, 0.4) is 0 Å². The smallest absolute Gasteiger partial charge is 0.148 e. The van der Waals surface area contributed by atoms with E-state index in [9.17, 15) is 0 Å². The van der Waals surface area contributed by atoms with E-state index in [1.807, 2.05) is 18.2 Å². The Morgan fingerprint density at radius 2 is 2.20 bits per heavy atom. The van der Waals surface area contributed by atoms with E-state index in [1.54, 1.807) is 0 Å². The molecule has 0 aliphatic carbocycles. The number of terminal acetylenes is 1. The van der Waals surface area contributed by atoms with Gasteiger partial charge in [0.25, 0.3) is 0 Å².